The highest BCUT2D eigenvalue weighted by Gasteiger charge is 2.18. The molecule has 19 heavy (non-hydrogen) atoms. The highest BCUT2D eigenvalue weighted by atomic mass is 32.1. The number of benzene rings is 1. The van der Waals surface area contributed by atoms with Crippen LogP contribution in [0.3, 0.4) is 0 Å². The molecule has 0 spiro atoms. The van der Waals surface area contributed by atoms with Crippen LogP contribution >= 0.6 is 11.3 Å². The minimum absolute atomic E-state index is 0.0240. The smallest absolute Gasteiger partial charge is 0.281 e. The van der Waals surface area contributed by atoms with E-state index in [1.807, 2.05) is 24.3 Å². The Morgan fingerprint density at radius 3 is 2.95 bits per heavy atom. The van der Waals surface area contributed by atoms with Crippen molar-refractivity contribution in [3.05, 3.63) is 24.3 Å². The number of anilines is 1. The standard InChI is InChI=1S/C13H15N3O2S/c17-12(9-16-5-7-18-8-6-16)15-13-14-10-3-1-2-4-11(10)19-13/h1-4H,5-9H2,(H,14,15,17)/p+1. The van der Waals surface area contributed by atoms with Crippen LogP contribution in [0.5, 0.6) is 0 Å². The Labute approximate surface area is 115 Å². The molecule has 2 aromatic rings. The second-order valence-corrected chi connectivity index (χ2v) is 5.60. The maximum Gasteiger partial charge on any atom is 0.281 e. The molecule has 1 aliphatic heterocycles. The molecule has 1 aromatic heterocycles. The summed E-state index contributed by atoms with van der Waals surface area (Å²) in [6.07, 6.45) is 0. The number of rotatable bonds is 3. The quantitative estimate of drug-likeness (QED) is 0.840. The van der Waals surface area contributed by atoms with Crippen LogP contribution in [-0.2, 0) is 9.53 Å². The molecule has 1 aromatic carbocycles. The van der Waals surface area contributed by atoms with E-state index in [-0.39, 0.29) is 5.91 Å². The highest BCUT2D eigenvalue weighted by molar-refractivity contribution is 7.22. The van der Waals surface area contributed by atoms with Crippen molar-refractivity contribution >= 4 is 32.6 Å². The van der Waals surface area contributed by atoms with E-state index in [0.29, 0.717) is 11.7 Å². The molecule has 0 bridgehead atoms. The number of thiazole rings is 1. The van der Waals surface area contributed by atoms with Crippen molar-refractivity contribution < 1.29 is 14.4 Å². The zero-order chi connectivity index (χ0) is 13.1. The summed E-state index contributed by atoms with van der Waals surface area (Å²) in [6.45, 7) is 3.76. The molecule has 100 valence electrons. The summed E-state index contributed by atoms with van der Waals surface area (Å²) in [4.78, 5) is 17.6. The largest absolute Gasteiger partial charge is 0.370 e. The van der Waals surface area contributed by atoms with Gasteiger partial charge in [-0.05, 0) is 12.1 Å². The fraction of sp³-hybridized carbons (Fsp3) is 0.385. The average Bonchev–Trinajstić information content (AvgIpc) is 2.81. The van der Waals surface area contributed by atoms with E-state index in [4.69, 9.17) is 4.74 Å². The molecular weight excluding hydrogens is 262 g/mol. The number of quaternary nitrogens is 1. The van der Waals surface area contributed by atoms with E-state index in [9.17, 15) is 4.79 Å². The first-order valence-electron chi connectivity index (χ1n) is 6.38. The number of carbonyl (C=O) groups is 1. The minimum atomic E-state index is 0.0240. The molecule has 0 radical (unpaired) electrons. The van der Waals surface area contributed by atoms with Gasteiger partial charge in [0.05, 0.1) is 23.4 Å². The van der Waals surface area contributed by atoms with Crippen molar-refractivity contribution in [3.8, 4) is 0 Å². The molecule has 1 amide bonds. The summed E-state index contributed by atoms with van der Waals surface area (Å²) in [6, 6.07) is 7.89. The van der Waals surface area contributed by atoms with E-state index in [2.05, 4.69) is 10.3 Å². The van der Waals surface area contributed by atoms with Crippen molar-refractivity contribution in [1.29, 1.82) is 0 Å². The summed E-state index contributed by atoms with van der Waals surface area (Å²) in [7, 11) is 0. The topological polar surface area (TPSA) is 55.7 Å². The normalized spacial score (nSPS) is 16.6. The number of nitrogens with one attached hydrogen (secondary N) is 2. The van der Waals surface area contributed by atoms with Gasteiger partial charge in [0.1, 0.15) is 13.1 Å². The van der Waals surface area contributed by atoms with E-state index in [0.717, 1.165) is 36.5 Å². The molecule has 5 nitrogen and oxygen atoms in total. The molecule has 1 saturated heterocycles. The van der Waals surface area contributed by atoms with Crippen molar-refractivity contribution in [2.45, 2.75) is 0 Å². The fourth-order valence-electron chi connectivity index (χ4n) is 2.15. The second-order valence-electron chi connectivity index (χ2n) is 4.57. The van der Waals surface area contributed by atoms with Gasteiger partial charge < -0.3 is 9.64 Å². The third kappa shape index (κ3) is 3.09. The first kappa shape index (κ1) is 12.5. The van der Waals surface area contributed by atoms with Gasteiger partial charge in [-0.15, -0.1) is 0 Å². The van der Waals surface area contributed by atoms with E-state index < -0.39 is 0 Å². The number of ether oxygens (including phenoxy) is 1. The first-order valence-corrected chi connectivity index (χ1v) is 7.19. The lowest BCUT2D eigenvalue weighted by Crippen LogP contribution is -3.15. The Morgan fingerprint density at radius 1 is 1.37 bits per heavy atom. The number of carbonyl (C=O) groups excluding carboxylic acids is 1. The Kier molecular flexibility index (Phi) is 3.72. The van der Waals surface area contributed by atoms with Gasteiger partial charge in [0.25, 0.3) is 5.91 Å². The number of hydrogen-bond donors (Lipinski definition) is 2. The maximum absolute atomic E-state index is 12.0. The summed E-state index contributed by atoms with van der Waals surface area (Å²) in [5.41, 5.74) is 0.932. The summed E-state index contributed by atoms with van der Waals surface area (Å²) in [5.74, 6) is 0.0240. The van der Waals surface area contributed by atoms with Gasteiger partial charge >= 0.3 is 0 Å². The van der Waals surface area contributed by atoms with Gasteiger partial charge in [-0.25, -0.2) is 4.98 Å². The SMILES string of the molecule is O=C(C[NH+]1CCOCC1)Nc1nc2ccccc2s1. The number of para-hydroxylation sites is 1. The molecule has 0 unspecified atom stereocenters. The number of amides is 1. The van der Waals surface area contributed by atoms with Gasteiger partial charge in [-0.2, -0.15) is 0 Å². The predicted octanol–water partition coefficient (Wildman–Crippen LogP) is 0.150. The van der Waals surface area contributed by atoms with Gasteiger partial charge in [-0.1, -0.05) is 23.5 Å². The van der Waals surface area contributed by atoms with Crippen LogP contribution < -0.4 is 10.2 Å². The van der Waals surface area contributed by atoms with Gasteiger partial charge in [-0.3, -0.25) is 10.1 Å². The van der Waals surface area contributed by atoms with Crippen LogP contribution in [0.2, 0.25) is 0 Å². The van der Waals surface area contributed by atoms with E-state index >= 15 is 0 Å². The maximum atomic E-state index is 12.0. The molecule has 2 heterocycles. The second kappa shape index (κ2) is 5.64. The molecule has 2 N–H and O–H groups in total. The lowest BCUT2D eigenvalue weighted by atomic mass is 10.3. The highest BCUT2D eigenvalue weighted by Crippen LogP contribution is 2.24. The molecule has 1 fully saturated rings. The van der Waals surface area contributed by atoms with Gasteiger partial charge in [0.15, 0.2) is 11.7 Å². The van der Waals surface area contributed by atoms with Crippen LogP contribution in [0.1, 0.15) is 0 Å². The Bertz CT molecular complexity index is 545. The monoisotopic (exact) mass is 278 g/mol. The van der Waals surface area contributed by atoms with Crippen LogP contribution in [0.25, 0.3) is 10.2 Å². The molecule has 6 heteroatoms. The molecule has 0 aliphatic carbocycles. The Hall–Kier alpha value is -1.50. The first-order chi connectivity index (χ1) is 9.31. The van der Waals surface area contributed by atoms with Crippen LogP contribution in [0, 0.1) is 0 Å². The van der Waals surface area contributed by atoms with E-state index in [1.54, 1.807) is 0 Å². The summed E-state index contributed by atoms with van der Waals surface area (Å²) in [5, 5.41) is 3.56. The number of aromatic nitrogens is 1. The zero-order valence-corrected chi connectivity index (χ0v) is 11.3. The lowest BCUT2D eigenvalue weighted by molar-refractivity contribution is -0.899. The van der Waals surface area contributed by atoms with Gasteiger partial charge in [0, 0.05) is 0 Å². The summed E-state index contributed by atoms with van der Waals surface area (Å²) < 4.78 is 6.37. The minimum Gasteiger partial charge on any atom is -0.370 e. The van der Waals surface area contributed by atoms with Crippen LogP contribution in [0.4, 0.5) is 5.13 Å². The molecule has 1 aliphatic rings. The number of morpholine rings is 1. The third-order valence-electron chi connectivity index (χ3n) is 3.15. The molecular formula is C13H16N3O2S+. The van der Waals surface area contributed by atoms with Crippen molar-refractivity contribution in [2.24, 2.45) is 0 Å². The van der Waals surface area contributed by atoms with Crippen molar-refractivity contribution in [3.63, 3.8) is 0 Å². The molecule has 3 rings (SSSR count). The lowest BCUT2D eigenvalue weighted by Gasteiger charge is -2.22. The third-order valence-corrected chi connectivity index (χ3v) is 4.10. The van der Waals surface area contributed by atoms with Crippen LogP contribution in [-0.4, -0.2) is 43.7 Å². The number of hydrogen-bond acceptors (Lipinski definition) is 4. The fourth-order valence-corrected chi connectivity index (χ4v) is 3.04. The van der Waals surface area contributed by atoms with Gasteiger partial charge in [0.2, 0.25) is 0 Å². The molecule has 0 saturated carbocycles. The van der Waals surface area contributed by atoms with Crippen molar-refractivity contribution in [2.75, 3.05) is 38.2 Å². The zero-order valence-electron chi connectivity index (χ0n) is 10.5. The van der Waals surface area contributed by atoms with E-state index in [1.165, 1.54) is 16.2 Å². The summed E-state index contributed by atoms with van der Waals surface area (Å²) >= 11 is 1.51. The van der Waals surface area contributed by atoms with Crippen molar-refractivity contribution in [1.82, 2.24) is 4.98 Å². The number of nitrogens with zero attached hydrogens (tertiary/aromatic N) is 1. The van der Waals surface area contributed by atoms with Crippen LogP contribution in [0.15, 0.2) is 24.3 Å². The molecule has 0 atom stereocenters. The Balaban J connectivity index is 1.62. The number of fused-ring (bicyclic) bond motifs is 1. The Morgan fingerprint density at radius 2 is 2.16 bits per heavy atom. The average molecular weight is 278 g/mol. The predicted molar refractivity (Wildman–Crippen MR) is 74.6 cm³/mol.